The van der Waals surface area contributed by atoms with Gasteiger partial charge in [-0.25, -0.2) is 0 Å². The van der Waals surface area contributed by atoms with Gasteiger partial charge < -0.3 is 14.8 Å². The Balaban J connectivity index is 2.04. The number of rotatable bonds is 3. The van der Waals surface area contributed by atoms with E-state index in [1.165, 1.54) is 4.91 Å². The van der Waals surface area contributed by atoms with Gasteiger partial charge in [-0.05, 0) is 29.2 Å². The molecule has 0 saturated heterocycles. The summed E-state index contributed by atoms with van der Waals surface area (Å²) in [6.45, 7) is 5.28. The first-order valence-electron chi connectivity index (χ1n) is 7.25. The molecule has 2 aliphatic heterocycles. The maximum atomic E-state index is 12.0. The zero-order chi connectivity index (χ0) is 14.8. The number of nitrogens with one attached hydrogen (secondary N) is 1. The number of anilines is 1. The van der Waals surface area contributed by atoms with Crippen molar-refractivity contribution in [1.82, 2.24) is 0 Å². The van der Waals surface area contributed by atoms with Gasteiger partial charge in [-0.15, -0.1) is 11.8 Å². The summed E-state index contributed by atoms with van der Waals surface area (Å²) in [7, 11) is 0. The first-order valence-corrected chi connectivity index (χ1v) is 8.24. The van der Waals surface area contributed by atoms with E-state index < -0.39 is 0 Å². The van der Waals surface area contributed by atoms with Crippen molar-refractivity contribution in [1.29, 1.82) is 0 Å². The Morgan fingerprint density at radius 2 is 2.10 bits per heavy atom. The molecule has 112 valence electrons. The van der Waals surface area contributed by atoms with Crippen molar-refractivity contribution in [3.63, 3.8) is 0 Å². The maximum Gasteiger partial charge on any atom is 0.225 e. The molecule has 1 N–H and O–H groups in total. The molecule has 0 radical (unpaired) electrons. The van der Waals surface area contributed by atoms with Gasteiger partial charge in [0.15, 0.2) is 11.5 Å². The lowest BCUT2D eigenvalue weighted by atomic mass is 9.89. The zero-order valence-electron chi connectivity index (χ0n) is 12.3. The van der Waals surface area contributed by atoms with Crippen molar-refractivity contribution in [3.05, 3.63) is 28.7 Å². The molecule has 1 atom stereocenters. The number of fused-ring (bicyclic) bond motifs is 2. The van der Waals surface area contributed by atoms with Gasteiger partial charge in [-0.2, -0.15) is 0 Å². The molecule has 0 saturated carbocycles. The molecule has 2 aliphatic rings. The second kappa shape index (κ2) is 6.02. The molecule has 2 heterocycles. The Hall–Kier alpha value is -1.62. The monoisotopic (exact) mass is 305 g/mol. The smallest absolute Gasteiger partial charge is 0.225 e. The van der Waals surface area contributed by atoms with Crippen molar-refractivity contribution in [2.24, 2.45) is 0 Å². The normalized spacial score (nSPS) is 20.8. The summed E-state index contributed by atoms with van der Waals surface area (Å²) in [5, 5.41) is 2.95. The lowest BCUT2D eigenvalue weighted by Crippen LogP contribution is -2.24. The molecule has 1 aromatic rings. The zero-order valence-corrected chi connectivity index (χ0v) is 13.1. The van der Waals surface area contributed by atoms with E-state index in [0.717, 1.165) is 22.8 Å². The molecule has 0 aliphatic carbocycles. The minimum Gasteiger partial charge on any atom is -0.486 e. The molecule has 0 aromatic heterocycles. The maximum absolute atomic E-state index is 12.0. The van der Waals surface area contributed by atoms with Crippen LogP contribution >= 0.6 is 11.8 Å². The Labute approximate surface area is 128 Å². The van der Waals surface area contributed by atoms with E-state index in [1.807, 2.05) is 19.1 Å². The number of carbonyl (C=O) groups is 1. The molecular formula is C16H19NO3S. The Morgan fingerprint density at radius 1 is 1.38 bits per heavy atom. The molecule has 21 heavy (non-hydrogen) atoms. The van der Waals surface area contributed by atoms with E-state index in [2.05, 4.69) is 18.3 Å². The summed E-state index contributed by atoms with van der Waals surface area (Å²) in [5.41, 5.74) is 1.96. The molecular weight excluding hydrogens is 286 g/mol. The fourth-order valence-electron chi connectivity index (χ4n) is 2.80. The molecule has 1 aromatic carbocycles. The van der Waals surface area contributed by atoms with Gasteiger partial charge in [0, 0.05) is 24.1 Å². The Bertz CT molecular complexity index is 597. The van der Waals surface area contributed by atoms with E-state index in [9.17, 15) is 4.79 Å². The molecule has 4 nitrogen and oxygen atoms in total. The van der Waals surface area contributed by atoms with Crippen LogP contribution in [0.25, 0.3) is 0 Å². The van der Waals surface area contributed by atoms with Crippen molar-refractivity contribution < 1.29 is 14.3 Å². The van der Waals surface area contributed by atoms with Gasteiger partial charge in [0.1, 0.15) is 13.2 Å². The van der Waals surface area contributed by atoms with Crippen molar-refractivity contribution >= 4 is 23.4 Å². The predicted molar refractivity (Wildman–Crippen MR) is 85.3 cm³/mol. The molecule has 0 fully saturated rings. The van der Waals surface area contributed by atoms with Crippen LogP contribution in [0.5, 0.6) is 11.5 Å². The van der Waals surface area contributed by atoms with E-state index >= 15 is 0 Å². The highest BCUT2D eigenvalue weighted by Crippen LogP contribution is 2.46. The minimum atomic E-state index is 0.0558. The number of amides is 1. The van der Waals surface area contributed by atoms with Crippen LogP contribution in [0.2, 0.25) is 0 Å². The number of benzene rings is 1. The van der Waals surface area contributed by atoms with Crippen molar-refractivity contribution in [2.45, 2.75) is 26.2 Å². The number of hydrogen-bond acceptors (Lipinski definition) is 4. The Morgan fingerprint density at radius 3 is 2.76 bits per heavy atom. The van der Waals surface area contributed by atoms with Gasteiger partial charge in [-0.3, -0.25) is 4.79 Å². The SMILES string of the molecule is C/C=C(\SCC)C1CC(=O)Nc2cc3c(cc21)OCCO3. The highest BCUT2D eigenvalue weighted by Gasteiger charge is 2.30. The van der Waals surface area contributed by atoms with E-state index in [4.69, 9.17) is 9.47 Å². The molecule has 1 amide bonds. The van der Waals surface area contributed by atoms with E-state index in [0.29, 0.717) is 25.4 Å². The van der Waals surface area contributed by atoms with Crippen LogP contribution in [0.4, 0.5) is 5.69 Å². The summed E-state index contributed by atoms with van der Waals surface area (Å²) in [5.74, 6) is 2.65. The standard InChI is InChI=1S/C16H19NO3S/c1-3-15(21-4-2)11-8-16(18)17-12-9-14-13(7-10(11)12)19-5-6-20-14/h3,7,9,11H,4-6,8H2,1-2H3,(H,17,18)/b15-3-. The van der Waals surface area contributed by atoms with Crippen LogP contribution in [-0.2, 0) is 4.79 Å². The van der Waals surface area contributed by atoms with Gasteiger partial charge in [0.25, 0.3) is 0 Å². The summed E-state index contributed by atoms with van der Waals surface area (Å²) >= 11 is 1.79. The van der Waals surface area contributed by atoms with Gasteiger partial charge in [0.05, 0.1) is 0 Å². The topological polar surface area (TPSA) is 47.6 Å². The largest absolute Gasteiger partial charge is 0.486 e. The first kappa shape index (κ1) is 14.3. The second-order valence-corrected chi connectivity index (χ2v) is 6.35. The molecule has 0 bridgehead atoms. The fourth-order valence-corrected chi connectivity index (χ4v) is 3.71. The molecule has 5 heteroatoms. The van der Waals surface area contributed by atoms with Crippen LogP contribution in [0.1, 0.15) is 31.7 Å². The van der Waals surface area contributed by atoms with Crippen LogP contribution < -0.4 is 14.8 Å². The third-order valence-electron chi connectivity index (χ3n) is 3.69. The fraction of sp³-hybridized carbons (Fsp3) is 0.438. The third-order valence-corrected chi connectivity index (χ3v) is 4.83. The lowest BCUT2D eigenvalue weighted by molar-refractivity contribution is -0.116. The summed E-state index contributed by atoms with van der Waals surface area (Å²) < 4.78 is 11.3. The molecule has 1 unspecified atom stereocenters. The number of allylic oxidation sites excluding steroid dienone is 2. The van der Waals surface area contributed by atoms with Gasteiger partial charge in [0.2, 0.25) is 5.91 Å². The van der Waals surface area contributed by atoms with Crippen molar-refractivity contribution in [3.8, 4) is 11.5 Å². The number of hydrogen-bond donors (Lipinski definition) is 1. The second-order valence-electron chi connectivity index (χ2n) is 5.01. The summed E-state index contributed by atoms with van der Waals surface area (Å²) in [6.07, 6.45) is 2.59. The van der Waals surface area contributed by atoms with Gasteiger partial charge in [-0.1, -0.05) is 13.0 Å². The van der Waals surface area contributed by atoms with Crippen LogP contribution in [0.3, 0.4) is 0 Å². The van der Waals surface area contributed by atoms with Gasteiger partial charge >= 0.3 is 0 Å². The molecule has 0 spiro atoms. The predicted octanol–water partition coefficient (Wildman–Crippen LogP) is 3.54. The minimum absolute atomic E-state index is 0.0558. The third kappa shape index (κ3) is 2.75. The van der Waals surface area contributed by atoms with Crippen molar-refractivity contribution in [2.75, 3.05) is 24.3 Å². The first-order chi connectivity index (χ1) is 10.2. The number of carbonyl (C=O) groups excluding carboxylic acids is 1. The average molecular weight is 305 g/mol. The number of ether oxygens (including phenoxy) is 2. The average Bonchev–Trinajstić information content (AvgIpc) is 2.50. The van der Waals surface area contributed by atoms with Crippen LogP contribution in [0.15, 0.2) is 23.1 Å². The number of thioether (sulfide) groups is 1. The highest BCUT2D eigenvalue weighted by molar-refractivity contribution is 8.03. The van der Waals surface area contributed by atoms with Crippen LogP contribution in [-0.4, -0.2) is 24.9 Å². The van der Waals surface area contributed by atoms with Crippen LogP contribution in [0, 0.1) is 0 Å². The van der Waals surface area contributed by atoms with E-state index in [1.54, 1.807) is 11.8 Å². The quantitative estimate of drug-likeness (QED) is 0.928. The Kier molecular flexibility index (Phi) is 4.10. The van der Waals surface area contributed by atoms with E-state index in [-0.39, 0.29) is 11.8 Å². The molecule has 3 rings (SSSR count). The summed E-state index contributed by atoms with van der Waals surface area (Å²) in [6, 6.07) is 3.91. The summed E-state index contributed by atoms with van der Waals surface area (Å²) in [4.78, 5) is 13.3. The highest BCUT2D eigenvalue weighted by atomic mass is 32.2. The lowest BCUT2D eigenvalue weighted by Gasteiger charge is -2.29.